The highest BCUT2D eigenvalue weighted by molar-refractivity contribution is 6.15. The average Bonchev–Trinajstić information content (AvgIpc) is 4.11. The van der Waals surface area contributed by atoms with Crippen molar-refractivity contribution >= 4 is 87.2 Å². The SMILES string of the molecule is N#Cc1ccc(-c2c(-n3c4ccccc4c4cc(-n5c6ccccc6c6ccccc65)ccc43)cccc2-n2c3ccccc3c3cc(-n4c5ccccc5c5ccccc54)ccc32)cc1. The molecule has 0 aliphatic rings. The van der Waals surface area contributed by atoms with Crippen LogP contribution < -0.4 is 0 Å². The van der Waals surface area contributed by atoms with Gasteiger partial charge >= 0.3 is 0 Å². The van der Waals surface area contributed by atoms with E-state index < -0.39 is 0 Å². The molecule has 0 radical (unpaired) electrons. The van der Waals surface area contributed by atoms with Crippen LogP contribution >= 0.6 is 0 Å². The molecule has 0 aliphatic heterocycles. The van der Waals surface area contributed by atoms with Gasteiger partial charge in [-0.05, 0) is 103 Å². The maximum atomic E-state index is 9.94. The molecule has 10 aromatic carbocycles. The summed E-state index contributed by atoms with van der Waals surface area (Å²) in [7, 11) is 0. The maximum Gasteiger partial charge on any atom is 0.0991 e. The topological polar surface area (TPSA) is 43.5 Å². The smallest absolute Gasteiger partial charge is 0.0991 e. The molecule has 0 saturated carbocycles. The predicted molar refractivity (Wildman–Crippen MR) is 274 cm³/mol. The minimum Gasteiger partial charge on any atom is -0.309 e. The van der Waals surface area contributed by atoms with Gasteiger partial charge in [0.1, 0.15) is 0 Å². The summed E-state index contributed by atoms with van der Waals surface area (Å²) < 4.78 is 9.67. The molecule has 0 atom stereocenters. The zero-order valence-electron chi connectivity index (χ0n) is 35.6. The van der Waals surface area contributed by atoms with Crippen LogP contribution in [0.4, 0.5) is 0 Å². The van der Waals surface area contributed by atoms with Gasteiger partial charge < -0.3 is 18.3 Å². The molecule has 14 aromatic rings. The van der Waals surface area contributed by atoms with Gasteiger partial charge in [-0.3, -0.25) is 0 Å². The van der Waals surface area contributed by atoms with E-state index in [2.05, 4.69) is 237 Å². The van der Waals surface area contributed by atoms with Gasteiger partial charge in [0.2, 0.25) is 0 Å². The Bertz CT molecular complexity index is 4000. The molecule has 0 spiro atoms. The number of nitriles is 1. The molecule has 0 saturated heterocycles. The van der Waals surface area contributed by atoms with Gasteiger partial charge in [-0.25, -0.2) is 0 Å². The van der Waals surface area contributed by atoms with Crippen molar-refractivity contribution in [1.29, 1.82) is 5.26 Å². The van der Waals surface area contributed by atoms with Crippen molar-refractivity contribution in [2.45, 2.75) is 0 Å². The fourth-order valence-electron chi connectivity index (χ4n) is 11.0. The van der Waals surface area contributed by atoms with Gasteiger partial charge in [-0.2, -0.15) is 5.26 Å². The van der Waals surface area contributed by atoms with E-state index in [4.69, 9.17) is 0 Å². The van der Waals surface area contributed by atoms with Crippen LogP contribution in [0, 0.1) is 11.3 Å². The Morgan fingerprint density at radius 3 is 0.955 bits per heavy atom. The molecular formula is C61H37N5. The third-order valence-electron chi connectivity index (χ3n) is 13.8. The maximum absolute atomic E-state index is 9.94. The van der Waals surface area contributed by atoms with Gasteiger partial charge in [0.05, 0.1) is 67.1 Å². The van der Waals surface area contributed by atoms with Crippen molar-refractivity contribution in [1.82, 2.24) is 18.3 Å². The molecule has 14 rings (SSSR count). The molecule has 0 amide bonds. The van der Waals surface area contributed by atoms with Gasteiger partial charge in [-0.1, -0.05) is 127 Å². The third kappa shape index (κ3) is 5.09. The van der Waals surface area contributed by atoms with Gasteiger partial charge in [0.25, 0.3) is 0 Å². The van der Waals surface area contributed by atoms with Gasteiger partial charge in [0, 0.05) is 60.0 Å². The largest absolute Gasteiger partial charge is 0.309 e. The lowest BCUT2D eigenvalue weighted by atomic mass is 9.99. The molecule has 0 unspecified atom stereocenters. The molecule has 5 nitrogen and oxygen atoms in total. The first-order chi connectivity index (χ1) is 32.7. The molecule has 5 heteroatoms. The third-order valence-corrected chi connectivity index (χ3v) is 13.8. The number of para-hydroxylation sites is 6. The van der Waals surface area contributed by atoms with Crippen molar-refractivity contribution in [2.24, 2.45) is 0 Å². The number of nitrogens with zero attached hydrogens (tertiary/aromatic N) is 5. The second kappa shape index (κ2) is 13.9. The zero-order valence-corrected chi connectivity index (χ0v) is 35.6. The number of hydrogen-bond acceptors (Lipinski definition) is 1. The summed E-state index contributed by atoms with van der Waals surface area (Å²) in [5, 5.41) is 19.6. The fourth-order valence-corrected chi connectivity index (χ4v) is 11.0. The summed E-state index contributed by atoms with van der Waals surface area (Å²) >= 11 is 0. The fraction of sp³-hybridized carbons (Fsp3) is 0. The van der Waals surface area contributed by atoms with Crippen LogP contribution in [0.25, 0.3) is 121 Å². The summed E-state index contributed by atoms with van der Waals surface area (Å²) in [4.78, 5) is 0. The monoisotopic (exact) mass is 839 g/mol. The standard InChI is InChI=1S/C61H37N5/c62-38-39-28-30-40(31-29-39)61-59(65-55-24-11-5-18-47(55)49-36-41(32-34-57(49)65)63-51-20-7-1-14-43(51)44-15-2-8-21-52(44)63)26-13-27-60(61)66-56-25-12-6-19-48(56)50-37-42(33-35-58(50)66)64-53-22-9-3-16-45(53)46-17-4-10-23-54(46)64/h1-37H. The van der Waals surface area contributed by atoms with E-state index in [9.17, 15) is 5.26 Å². The Morgan fingerprint density at radius 1 is 0.273 bits per heavy atom. The molecule has 4 aromatic heterocycles. The molecule has 0 N–H and O–H groups in total. The molecule has 306 valence electrons. The Kier molecular flexibility index (Phi) is 7.69. The van der Waals surface area contributed by atoms with E-state index in [0.29, 0.717) is 5.56 Å². The molecule has 0 bridgehead atoms. The number of fused-ring (bicyclic) bond motifs is 12. The van der Waals surface area contributed by atoms with Crippen LogP contribution in [0.2, 0.25) is 0 Å². The number of hydrogen-bond donors (Lipinski definition) is 0. The van der Waals surface area contributed by atoms with Crippen molar-refractivity contribution in [3.05, 3.63) is 230 Å². The normalized spacial score (nSPS) is 11.9. The quantitative estimate of drug-likeness (QED) is 0.170. The Balaban J connectivity index is 1.04. The van der Waals surface area contributed by atoms with Crippen molar-refractivity contribution in [3.63, 3.8) is 0 Å². The lowest BCUT2D eigenvalue weighted by Crippen LogP contribution is -2.04. The summed E-state index contributed by atoms with van der Waals surface area (Å²) in [5.41, 5.74) is 16.3. The minimum atomic E-state index is 0.627. The highest BCUT2D eigenvalue weighted by atomic mass is 15.0. The van der Waals surface area contributed by atoms with E-state index in [1.54, 1.807) is 0 Å². The van der Waals surface area contributed by atoms with E-state index >= 15 is 0 Å². The van der Waals surface area contributed by atoms with Crippen molar-refractivity contribution < 1.29 is 0 Å². The zero-order chi connectivity index (χ0) is 43.5. The van der Waals surface area contributed by atoms with Crippen molar-refractivity contribution in [3.8, 4) is 39.9 Å². The lowest BCUT2D eigenvalue weighted by Gasteiger charge is -2.20. The first-order valence-corrected chi connectivity index (χ1v) is 22.4. The second-order valence-corrected chi connectivity index (χ2v) is 17.2. The first kappa shape index (κ1) is 36.4. The van der Waals surface area contributed by atoms with Gasteiger partial charge in [-0.15, -0.1) is 0 Å². The van der Waals surface area contributed by atoms with Crippen LogP contribution in [-0.2, 0) is 0 Å². The van der Waals surface area contributed by atoms with Gasteiger partial charge in [0.15, 0.2) is 0 Å². The minimum absolute atomic E-state index is 0.627. The highest BCUT2D eigenvalue weighted by Gasteiger charge is 2.23. The Morgan fingerprint density at radius 2 is 0.591 bits per heavy atom. The first-order valence-electron chi connectivity index (χ1n) is 22.4. The van der Waals surface area contributed by atoms with E-state index in [0.717, 1.165) is 55.9 Å². The molecule has 0 aliphatic carbocycles. The average molecular weight is 840 g/mol. The van der Waals surface area contributed by atoms with E-state index in [-0.39, 0.29) is 0 Å². The second-order valence-electron chi connectivity index (χ2n) is 17.2. The Labute approximate surface area is 379 Å². The Hall–Kier alpha value is -9.11. The number of benzene rings is 10. The summed E-state index contributed by atoms with van der Waals surface area (Å²) in [5.74, 6) is 0. The van der Waals surface area contributed by atoms with Crippen molar-refractivity contribution in [2.75, 3.05) is 0 Å². The van der Waals surface area contributed by atoms with Crippen LogP contribution in [-0.4, -0.2) is 18.3 Å². The molecule has 0 fully saturated rings. The highest BCUT2D eigenvalue weighted by Crippen LogP contribution is 2.44. The van der Waals surface area contributed by atoms with Crippen LogP contribution in [0.5, 0.6) is 0 Å². The number of rotatable bonds is 5. The summed E-state index contributed by atoms with van der Waals surface area (Å²) in [6.07, 6.45) is 0. The van der Waals surface area contributed by atoms with E-state index in [1.165, 1.54) is 65.2 Å². The molecule has 4 heterocycles. The summed E-state index contributed by atoms with van der Waals surface area (Å²) in [6, 6.07) is 83.2. The van der Waals surface area contributed by atoms with Crippen LogP contribution in [0.15, 0.2) is 224 Å². The van der Waals surface area contributed by atoms with Crippen LogP contribution in [0.3, 0.4) is 0 Å². The predicted octanol–water partition coefficient (Wildman–Crippen LogP) is 15.6. The summed E-state index contributed by atoms with van der Waals surface area (Å²) in [6.45, 7) is 0. The van der Waals surface area contributed by atoms with Crippen LogP contribution in [0.1, 0.15) is 5.56 Å². The number of aromatic nitrogens is 4. The molecular weight excluding hydrogens is 803 g/mol. The van der Waals surface area contributed by atoms with E-state index in [1.807, 2.05) is 12.1 Å². The molecule has 66 heavy (non-hydrogen) atoms. The lowest BCUT2D eigenvalue weighted by molar-refractivity contribution is 1.13.